The Balaban J connectivity index is 1.98. The second-order valence-electron chi connectivity index (χ2n) is 5.96. The van der Waals surface area contributed by atoms with Gasteiger partial charge in [0, 0.05) is 11.4 Å². The highest BCUT2D eigenvalue weighted by Crippen LogP contribution is 2.29. The van der Waals surface area contributed by atoms with Crippen molar-refractivity contribution in [3.63, 3.8) is 0 Å². The van der Waals surface area contributed by atoms with Gasteiger partial charge in [0.1, 0.15) is 0 Å². The zero-order valence-electron chi connectivity index (χ0n) is 13.2. The second-order valence-corrected chi connectivity index (χ2v) is 5.96. The van der Waals surface area contributed by atoms with Crippen LogP contribution in [0.3, 0.4) is 0 Å². The van der Waals surface area contributed by atoms with Gasteiger partial charge >= 0.3 is 0 Å². The molecule has 0 aliphatic heterocycles. The lowest BCUT2D eigenvalue weighted by molar-refractivity contribution is 0.405. The number of benzene rings is 1. The zero-order valence-corrected chi connectivity index (χ0v) is 13.2. The first-order valence-corrected chi connectivity index (χ1v) is 8.10. The Labute approximate surface area is 129 Å². The third kappa shape index (κ3) is 4.93. The summed E-state index contributed by atoms with van der Waals surface area (Å²) in [6, 6.07) is 8.49. The maximum absolute atomic E-state index is 4.25. The average molecular weight is 281 g/mol. The number of rotatable bonds is 6. The fourth-order valence-electron chi connectivity index (χ4n) is 2.79. The van der Waals surface area contributed by atoms with Crippen molar-refractivity contribution in [1.82, 2.24) is 0 Å². The van der Waals surface area contributed by atoms with E-state index < -0.39 is 0 Å². The minimum atomic E-state index is 0.637. The Morgan fingerprint density at radius 1 is 1.24 bits per heavy atom. The molecule has 0 saturated heterocycles. The summed E-state index contributed by atoms with van der Waals surface area (Å²) in [7, 11) is 0. The van der Waals surface area contributed by atoms with Gasteiger partial charge in [-0.2, -0.15) is 0 Å². The smallest absolute Gasteiger partial charge is 0.0387 e. The Morgan fingerprint density at radius 2 is 2.00 bits per heavy atom. The lowest BCUT2D eigenvalue weighted by atomic mass is 9.87. The molecule has 0 unspecified atom stereocenters. The number of hydrogen-bond acceptors (Lipinski definition) is 1. The van der Waals surface area contributed by atoms with Crippen LogP contribution in [0.1, 0.15) is 51.0 Å². The molecule has 1 fully saturated rings. The van der Waals surface area contributed by atoms with Gasteiger partial charge in [-0.15, -0.1) is 0 Å². The van der Waals surface area contributed by atoms with Crippen molar-refractivity contribution in [2.75, 3.05) is 5.32 Å². The predicted octanol–water partition coefficient (Wildman–Crippen LogP) is 6.17. The molecule has 1 aromatic carbocycles. The van der Waals surface area contributed by atoms with E-state index in [1.165, 1.54) is 43.4 Å². The molecule has 1 nitrogen and oxygen atoms in total. The number of nitrogens with one attached hydrogen (secondary N) is 1. The highest BCUT2D eigenvalue weighted by molar-refractivity contribution is 5.60. The first-order chi connectivity index (χ1) is 10.2. The van der Waals surface area contributed by atoms with Crippen LogP contribution in [0.25, 0.3) is 6.08 Å². The lowest BCUT2D eigenvalue weighted by Crippen LogP contribution is -2.14. The average Bonchev–Trinajstić information content (AvgIpc) is 2.53. The Bertz CT molecular complexity index is 518. The van der Waals surface area contributed by atoms with Crippen molar-refractivity contribution < 1.29 is 0 Å². The summed E-state index contributed by atoms with van der Waals surface area (Å²) < 4.78 is 0. The van der Waals surface area contributed by atoms with Gasteiger partial charge in [0.2, 0.25) is 0 Å². The van der Waals surface area contributed by atoms with Crippen LogP contribution in [0.5, 0.6) is 0 Å². The van der Waals surface area contributed by atoms with Crippen molar-refractivity contribution in [2.24, 2.45) is 5.92 Å². The van der Waals surface area contributed by atoms with Crippen molar-refractivity contribution in [1.29, 1.82) is 0 Å². The molecule has 0 bridgehead atoms. The van der Waals surface area contributed by atoms with Crippen molar-refractivity contribution in [3.8, 4) is 0 Å². The molecule has 1 aliphatic rings. The van der Waals surface area contributed by atoms with E-state index in [2.05, 4.69) is 61.8 Å². The summed E-state index contributed by atoms with van der Waals surface area (Å²) in [4.78, 5) is 0. The van der Waals surface area contributed by atoms with E-state index in [4.69, 9.17) is 0 Å². The maximum atomic E-state index is 4.25. The van der Waals surface area contributed by atoms with Crippen LogP contribution in [-0.2, 0) is 0 Å². The van der Waals surface area contributed by atoms with Gasteiger partial charge in [-0.1, -0.05) is 69.2 Å². The molecule has 1 heteroatoms. The number of hydrogen-bond donors (Lipinski definition) is 1. The van der Waals surface area contributed by atoms with Crippen LogP contribution >= 0.6 is 0 Å². The molecule has 0 atom stereocenters. The molecule has 0 spiro atoms. The van der Waals surface area contributed by atoms with Crippen molar-refractivity contribution in [3.05, 3.63) is 60.3 Å². The molecule has 1 saturated carbocycles. The van der Waals surface area contributed by atoms with Crippen LogP contribution in [0, 0.1) is 5.92 Å². The SMILES string of the molecule is C=C(/C=C/c1cccc(NC(=C)C2CCCCC2)c1)CC. The summed E-state index contributed by atoms with van der Waals surface area (Å²) >= 11 is 0. The molecule has 112 valence electrons. The molecular formula is C20H27N. The molecule has 1 aliphatic carbocycles. The van der Waals surface area contributed by atoms with E-state index in [9.17, 15) is 0 Å². The Morgan fingerprint density at radius 3 is 2.71 bits per heavy atom. The third-order valence-corrected chi connectivity index (χ3v) is 4.26. The van der Waals surface area contributed by atoms with Crippen molar-refractivity contribution in [2.45, 2.75) is 45.4 Å². The van der Waals surface area contributed by atoms with Gasteiger partial charge in [-0.25, -0.2) is 0 Å². The van der Waals surface area contributed by atoms with Gasteiger partial charge in [-0.3, -0.25) is 0 Å². The Hall–Kier alpha value is -1.76. The summed E-state index contributed by atoms with van der Waals surface area (Å²) in [6.07, 6.45) is 11.8. The number of anilines is 1. The lowest BCUT2D eigenvalue weighted by Gasteiger charge is -2.24. The van der Waals surface area contributed by atoms with Crippen molar-refractivity contribution >= 4 is 11.8 Å². The summed E-state index contributed by atoms with van der Waals surface area (Å²) in [5.41, 5.74) is 4.66. The topological polar surface area (TPSA) is 12.0 Å². The summed E-state index contributed by atoms with van der Waals surface area (Å²) in [5.74, 6) is 0.637. The molecule has 1 N–H and O–H groups in total. The van der Waals surface area contributed by atoms with E-state index in [0.717, 1.165) is 17.7 Å². The zero-order chi connectivity index (χ0) is 15.1. The second kappa shape index (κ2) is 7.87. The minimum Gasteiger partial charge on any atom is -0.359 e. The highest BCUT2D eigenvalue weighted by Gasteiger charge is 2.16. The van der Waals surface area contributed by atoms with E-state index in [1.54, 1.807) is 0 Å². The van der Waals surface area contributed by atoms with Gasteiger partial charge in [0.15, 0.2) is 0 Å². The highest BCUT2D eigenvalue weighted by atomic mass is 14.9. The van der Waals surface area contributed by atoms with Crippen LogP contribution in [0.15, 0.2) is 54.8 Å². The van der Waals surface area contributed by atoms with Gasteiger partial charge in [0.05, 0.1) is 0 Å². The predicted molar refractivity (Wildman–Crippen MR) is 94.2 cm³/mol. The monoisotopic (exact) mass is 281 g/mol. The standard InChI is InChI=1S/C20H27N/c1-4-16(2)13-14-18-9-8-12-20(15-18)21-17(3)19-10-6-5-7-11-19/h8-9,12-15,19,21H,2-7,10-11H2,1H3/b14-13+. The van der Waals surface area contributed by atoms with E-state index in [-0.39, 0.29) is 0 Å². The van der Waals surface area contributed by atoms with Crippen LogP contribution < -0.4 is 5.32 Å². The van der Waals surface area contributed by atoms with Gasteiger partial charge < -0.3 is 5.32 Å². The quantitative estimate of drug-likeness (QED) is 0.615. The third-order valence-electron chi connectivity index (χ3n) is 4.26. The summed E-state index contributed by atoms with van der Waals surface area (Å²) in [6.45, 7) is 10.4. The summed E-state index contributed by atoms with van der Waals surface area (Å²) in [5, 5.41) is 3.50. The molecule has 0 aromatic heterocycles. The number of allylic oxidation sites excluding steroid dienone is 3. The molecular weight excluding hydrogens is 254 g/mol. The molecule has 1 aromatic rings. The van der Waals surface area contributed by atoms with E-state index >= 15 is 0 Å². The largest absolute Gasteiger partial charge is 0.359 e. The Kier molecular flexibility index (Phi) is 5.86. The fourth-order valence-corrected chi connectivity index (χ4v) is 2.79. The first-order valence-electron chi connectivity index (χ1n) is 8.10. The van der Waals surface area contributed by atoms with E-state index in [0.29, 0.717) is 5.92 Å². The molecule has 2 rings (SSSR count). The normalized spacial score (nSPS) is 16.0. The van der Waals surface area contributed by atoms with Crippen LogP contribution in [-0.4, -0.2) is 0 Å². The van der Waals surface area contributed by atoms with Gasteiger partial charge in [0.25, 0.3) is 0 Å². The first kappa shape index (κ1) is 15.6. The van der Waals surface area contributed by atoms with Crippen LogP contribution in [0.4, 0.5) is 5.69 Å². The molecule has 0 amide bonds. The molecule has 0 radical (unpaired) electrons. The minimum absolute atomic E-state index is 0.637. The van der Waals surface area contributed by atoms with E-state index in [1.807, 2.05) is 0 Å². The molecule has 21 heavy (non-hydrogen) atoms. The fraction of sp³-hybridized carbons (Fsp3) is 0.400. The van der Waals surface area contributed by atoms with Crippen LogP contribution in [0.2, 0.25) is 0 Å². The van der Waals surface area contributed by atoms with Gasteiger partial charge in [-0.05, 0) is 42.9 Å². The maximum Gasteiger partial charge on any atom is 0.0387 e. The molecule has 0 heterocycles.